The highest BCUT2D eigenvalue weighted by Gasteiger charge is 2.31. The number of aromatic amines is 1. The molecule has 9 heteroatoms. The number of likely N-dealkylation sites (N-methyl/N-ethyl adjacent to an activating group) is 1. The maximum Gasteiger partial charge on any atom is 0.256 e. The van der Waals surface area contributed by atoms with Gasteiger partial charge in [-0.25, -0.2) is 0 Å². The highest BCUT2D eigenvalue weighted by Crippen LogP contribution is 2.35. The van der Waals surface area contributed by atoms with Crippen LogP contribution in [0.5, 0.6) is 0 Å². The second-order valence-electron chi connectivity index (χ2n) is 12.6. The Morgan fingerprint density at radius 2 is 1.71 bits per heavy atom. The van der Waals surface area contributed by atoms with Crippen molar-refractivity contribution in [2.45, 2.75) is 52.1 Å². The van der Waals surface area contributed by atoms with Crippen molar-refractivity contribution in [3.63, 3.8) is 0 Å². The number of piperidine rings is 1. The highest BCUT2D eigenvalue weighted by atomic mass is 16.2. The van der Waals surface area contributed by atoms with Gasteiger partial charge in [-0.15, -0.1) is 0 Å². The third-order valence-electron chi connectivity index (χ3n) is 9.76. The lowest BCUT2D eigenvalue weighted by Crippen LogP contribution is -2.53. The quantitative estimate of drug-likeness (QED) is 0.333. The molecule has 0 radical (unpaired) electrons. The van der Waals surface area contributed by atoms with Crippen molar-refractivity contribution in [1.82, 2.24) is 25.0 Å². The molecule has 45 heavy (non-hydrogen) atoms. The number of hydrogen-bond donors (Lipinski definition) is 3. The van der Waals surface area contributed by atoms with Crippen molar-refractivity contribution >= 4 is 35.1 Å². The summed E-state index contributed by atoms with van der Waals surface area (Å²) in [5.41, 5.74) is 6.37. The number of nitrogens with zero attached hydrogens (tertiary/aromatic N) is 3. The third kappa shape index (κ3) is 6.32. The zero-order chi connectivity index (χ0) is 31.7. The fraction of sp³-hybridized carbons (Fsp3) is 0.417. The number of amides is 3. The number of carbonyl (C=O) groups is 3. The van der Waals surface area contributed by atoms with Crippen LogP contribution >= 0.6 is 0 Å². The van der Waals surface area contributed by atoms with Gasteiger partial charge in [0.15, 0.2) is 0 Å². The van der Waals surface area contributed by atoms with Crippen LogP contribution in [0.2, 0.25) is 0 Å². The maximum absolute atomic E-state index is 13.8. The second kappa shape index (κ2) is 13.0. The average Bonchev–Trinajstić information content (AvgIpc) is 3.52. The first-order valence-electron chi connectivity index (χ1n) is 16.2. The maximum atomic E-state index is 13.8. The Morgan fingerprint density at radius 3 is 2.40 bits per heavy atom. The molecule has 0 aliphatic carbocycles. The van der Waals surface area contributed by atoms with E-state index in [0.717, 1.165) is 81.0 Å². The number of carbonyl (C=O) groups excluding carboxylic acids is 3. The van der Waals surface area contributed by atoms with E-state index in [1.807, 2.05) is 56.0 Å². The fourth-order valence-electron chi connectivity index (χ4n) is 6.98. The molecule has 0 spiro atoms. The van der Waals surface area contributed by atoms with Gasteiger partial charge in [0, 0.05) is 73.5 Å². The van der Waals surface area contributed by atoms with Gasteiger partial charge in [-0.2, -0.15) is 0 Å². The van der Waals surface area contributed by atoms with Crippen LogP contribution in [0.15, 0.2) is 48.5 Å². The molecule has 3 aliphatic rings. The summed E-state index contributed by atoms with van der Waals surface area (Å²) >= 11 is 0. The first-order chi connectivity index (χ1) is 21.7. The Bertz CT molecular complexity index is 1610. The van der Waals surface area contributed by atoms with E-state index in [0.29, 0.717) is 34.0 Å². The molecular formula is C36H44N6O3. The Hall–Kier alpha value is -4.21. The van der Waals surface area contributed by atoms with Gasteiger partial charge in [-0.1, -0.05) is 37.3 Å². The van der Waals surface area contributed by atoms with E-state index >= 15 is 0 Å². The summed E-state index contributed by atoms with van der Waals surface area (Å²) in [5, 5.41) is 6.06. The van der Waals surface area contributed by atoms with Gasteiger partial charge in [0.25, 0.3) is 17.7 Å². The molecule has 0 saturated carbocycles. The Balaban J connectivity index is 1.18. The minimum Gasteiger partial charge on any atom is -0.358 e. The van der Waals surface area contributed by atoms with E-state index in [4.69, 9.17) is 0 Å². The number of aromatic nitrogens is 1. The van der Waals surface area contributed by atoms with E-state index in [2.05, 4.69) is 32.5 Å². The predicted octanol–water partition coefficient (Wildman–Crippen LogP) is 4.86. The van der Waals surface area contributed by atoms with Crippen molar-refractivity contribution < 1.29 is 14.4 Å². The molecule has 236 valence electrons. The molecule has 1 atom stereocenters. The zero-order valence-corrected chi connectivity index (χ0v) is 26.8. The Morgan fingerprint density at radius 1 is 1.00 bits per heavy atom. The van der Waals surface area contributed by atoms with Crippen LogP contribution < -0.4 is 10.6 Å². The van der Waals surface area contributed by atoms with Gasteiger partial charge in [-0.3, -0.25) is 19.3 Å². The molecule has 2 aromatic carbocycles. The second-order valence-corrected chi connectivity index (χ2v) is 12.6. The van der Waals surface area contributed by atoms with Crippen LogP contribution in [0.4, 0.5) is 5.69 Å². The van der Waals surface area contributed by atoms with Gasteiger partial charge in [0.2, 0.25) is 0 Å². The lowest BCUT2D eigenvalue weighted by atomic mass is 9.99. The number of H-pyrrole nitrogens is 1. The van der Waals surface area contributed by atoms with E-state index in [1.165, 1.54) is 0 Å². The van der Waals surface area contributed by atoms with Crippen molar-refractivity contribution in [3.05, 3.63) is 87.7 Å². The highest BCUT2D eigenvalue weighted by molar-refractivity contribution is 6.35. The minimum atomic E-state index is -0.233. The smallest absolute Gasteiger partial charge is 0.256 e. The van der Waals surface area contributed by atoms with Crippen LogP contribution in [0.1, 0.15) is 81.0 Å². The van der Waals surface area contributed by atoms with E-state index in [9.17, 15) is 14.4 Å². The molecule has 0 bridgehead atoms. The van der Waals surface area contributed by atoms with Crippen molar-refractivity contribution in [3.8, 4) is 0 Å². The first kappa shape index (κ1) is 30.8. The van der Waals surface area contributed by atoms with Gasteiger partial charge >= 0.3 is 0 Å². The predicted molar refractivity (Wildman–Crippen MR) is 178 cm³/mol. The molecule has 1 unspecified atom stereocenters. The Labute approximate surface area is 265 Å². The summed E-state index contributed by atoms with van der Waals surface area (Å²) in [4.78, 5) is 50.5. The molecule has 3 N–H and O–H groups in total. The molecular weight excluding hydrogens is 564 g/mol. The zero-order valence-electron chi connectivity index (χ0n) is 26.8. The number of piperazine rings is 1. The largest absolute Gasteiger partial charge is 0.358 e. The summed E-state index contributed by atoms with van der Waals surface area (Å²) < 4.78 is 0. The number of aryl methyl sites for hydroxylation is 1. The number of anilines is 1. The van der Waals surface area contributed by atoms with Gasteiger partial charge in [-0.05, 0) is 75.6 Å². The molecule has 3 aliphatic heterocycles. The van der Waals surface area contributed by atoms with Crippen molar-refractivity contribution in [2.75, 3.05) is 51.6 Å². The molecule has 3 amide bonds. The van der Waals surface area contributed by atoms with Gasteiger partial charge < -0.3 is 25.4 Å². The lowest BCUT2D eigenvalue weighted by molar-refractivity contribution is -0.110. The van der Waals surface area contributed by atoms with Crippen molar-refractivity contribution in [2.24, 2.45) is 0 Å². The Kier molecular flexibility index (Phi) is 8.92. The number of benzene rings is 2. The molecule has 3 aromatic rings. The standard InChI is InChI=1S/C36H44N6O3/c1-5-30(25-9-7-6-8-10-25)38-34(43)26-11-12-31-28(21-26)29(35(44)39-31)22-32-23(2)33(24(3)37-32)36(45)42-15-13-27(14-16-42)41-19-17-40(4)18-20-41/h6-12,21-22,27,30,37H,5,13-20H2,1-4H3,(H,38,43)(H,39,44). The summed E-state index contributed by atoms with van der Waals surface area (Å²) in [6, 6.07) is 15.6. The van der Waals surface area contributed by atoms with E-state index in [1.54, 1.807) is 24.3 Å². The number of hydrogen-bond acceptors (Lipinski definition) is 5. The van der Waals surface area contributed by atoms with Gasteiger partial charge in [0.1, 0.15) is 0 Å². The molecule has 1 aromatic heterocycles. The summed E-state index contributed by atoms with van der Waals surface area (Å²) in [7, 11) is 2.17. The van der Waals surface area contributed by atoms with Gasteiger partial charge in [0.05, 0.1) is 17.2 Å². The lowest BCUT2D eigenvalue weighted by Gasteiger charge is -2.42. The first-order valence-corrected chi connectivity index (χ1v) is 16.2. The van der Waals surface area contributed by atoms with E-state index in [-0.39, 0.29) is 23.8 Å². The van der Waals surface area contributed by atoms with Crippen LogP contribution in [-0.4, -0.2) is 89.8 Å². The summed E-state index contributed by atoms with van der Waals surface area (Å²) in [5.74, 6) is -0.381. The summed E-state index contributed by atoms with van der Waals surface area (Å²) in [6.45, 7) is 11.8. The third-order valence-corrected chi connectivity index (χ3v) is 9.76. The van der Waals surface area contributed by atoms with Crippen LogP contribution in [0.25, 0.3) is 11.6 Å². The van der Waals surface area contributed by atoms with E-state index < -0.39 is 0 Å². The molecule has 9 nitrogen and oxygen atoms in total. The van der Waals surface area contributed by atoms with Crippen LogP contribution in [0.3, 0.4) is 0 Å². The number of rotatable bonds is 7. The monoisotopic (exact) mass is 608 g/mol. The minimum absolute atomic E-state index is 0.0434. The average molecular weight is 609 g/mol. The molecule has 2 saturated heterocycles. The number of fused-ring (bicyclic) bond motifs is 1. The number of likely N-dealkylation sites (tertiary alicyclic amines) is 1. The fourth-order valence-corrected chi connectivity index (χ4v) is 6.98. The van der Waals surface area contributed by atoms with Crippen molar-refractivity contribution in [1.29, 1.82) is 0 Å². The summed E-state index contributed by atoms with van der Waals surface area (Å²) in [6.07, 6.45) is 4.55. The van der Waals surface area contributed by atoms with Crippen LogP contribution in [0, 0.1) is 13.8 Å². The SMILES string of the molecule is CCC(NC(=O)c1ccc2c(c1)C(=Cc1[nH]c(C)c(C(=O)N3CCC(N4CCN(C)CC4)CC3)c1C)C(=O)N2)c1ccccc1. The molecule has 4 heterocycles. The molecule has 6 rings (SSSR count). The number of nitrogens with one attached hydrogen (secondary N) is 3. The molecule has 2 fully saturated rings. The topological polar surface area (TPSA) is 101 Å². The van der Waals surface area contributed by atoms with Crippen LogP contribution in [-0.2, 0) is 4.79 Å². The normalized spacial score (nSPS) is 19.4.